The van der Waals surface area contributed by atoms with Gasteiger partial charge in [0.15, 0.2) is 11.6 Å². The molecule has 1 aliphatic rings. The minimum atomic E-state index is -0.206. The van der Waals surface area contributed by atoms with Crippen LogP contribution in [0.5, 0.6) is 0 Å². The summed E-state index contributed by atoms with van der Waals surface area (Å²) in [6.07, 6.45) is 1.09. The molecule has 0 spiro atoms. The third-order valence-corrected chi connectivity index (χ3v) is 5.47. The van der Waals surface area contributed by atoms with Crippen molar-refractivity contribution < 1.29 is 18.9 Å². The molecule has 4 rings (SSSR count). The number of rotatable bonds is 5. The molecular weight excluding hydrogens is 394 g/mol. The molecule has 0 radical (unpaired) electrons. The summed E-state index contributed by atoms with van der Waals surface area (Å²) in [5, 5.41) is 6.54. The van der Waals surface area contributed by atoms with Gasteiger partial charge in [-0.1, -0.05) is 53.7 Å². The van der Waals surface area contributed by atoms with Gasteiger partial charge in [-0.3, -0.25) is 14.4 Å². The van der Waals surface area contributed by atoms with E-state index in [1.165, 1.54) is 0 Å². The Kier molecular flexibility index (Phi) is 5.93. The first-order valence-electron chi connectivity index (χ1n) is 10.2. The Morgan fingerprint density at radius 2 is 1.61 bits per heavy atom. The molecule has 2 amide bonds. The predicted octanol–water partition coefficient (Wildman–Crippen LogP) is 3.70. The van der Waals surface area contributed by atoms with E-state index < -0.39 is 0 Å². The molecule has 3 aromatic rings. The molecule has 2 aromatic carbocycles. The third-order valence-electron chi connectivity index (χ3n) is 5.47. The lowest BCUT2D eigenvalue weighted by molar-refractivity contribution is -0.121. The number of aromatic nitrogens is 1. The van der Waals surface area contributed by atoms with Gasteiger partial charge in [0.1, 0.15) is 5.76 Å². The van der Waals surface area contributed by atoms with E-state index in [4.69, 9.17) is 4.52 Å². The second-order valence-corrected chi connectivity index (χ2v) is 7.62. The Hall–Kier alpha value is -3.74. The third kappa shape index (κ3) is 4.55. The van der Waals surface area contributed by atoms with Crippen LogP contribution in [0.1, 0.15) is 44.9 Å². The maximum Gasteiger partial charge on any atom is 0.254 e. The number of nitrogens with zero attached hydrogens (tertiary/aromatic N) is 2. The zero-order valence-electron chi connectivity index (χ0n) is 17.2. The summed E-state index contributed by atoms with van der Waals surface area (Å²) >= 11 is 0. The van der Waals surface area contributed by atoms with Gasteiger partial charge < -0.3 is 14.7 Å². The fourth-order valence-electron chi connectivity index (χ4n) is 3.78. The molecule has 1 aliphatic heterocycles. The molecule has 158 valence electrons. The van der Waals surface area contributed by atoms with E-state index in [1.54, 1.807) is 66.4 Å². The number of aryl methyl sites for hydroxylation is 1. The number of likely N-dealkylation sites (tertiary alicyclic amines) is 1. The van der Waals surface area contributed by atoms with Gasteiger partial charge >= 0.3 is 0 Å². The molecule has 1 fully saturated rings. The van der Waals surface area contributed by atoms with Gasteiger partial charge in [0.05, 0.1) is 5.56 Å². The van der Waals surface area contributed by atoms with Crippen LogP contribution in [0, 0.1) is 12.8 Å². The number of piperidine rings is 1. The molecule has 31 heavy (non-hydrogen) atoms. The standard InChI is InChI=1S/C24H23N3O4/c1-16-15-21(26-31-16)25-23(29)18-11-13-27(14-12-18)24(30)20-10-6-5-9-19(20)22(28)17-7-3-2-4-8-17/h2-10,15,18H,11-14H2,1H3,(H,25,26,29). The molecule has 1 N–H and O–H groups in total. The van der Waals surface area contributed by atoms with E-state index in [2.05, 4.69) is 10.5 Å². The number of hydrogen-bond donors (Lipinski definition) is 1. The van der Waals surface area contributed by atoms with E-state index in [-0.39, 0.29) is 23.5 Å². The van der Waals surface area contributed by atoms with Crippen molar-refractivity contribution in [2.75, 3.05) is 18.4 Å². The van der Waals surface area contributed by atoms with Crippen molar-refractivity contribution in [3.05, 3.63) is 83.1 Å². The van der Waals surface area contributed by atoms with Crippen molar-refractivity contribution in [2.24, 2.45) is 5.92 Å². The van der Waals surface area contributed by atoms with Crippen LogP contribution in [-0.4, -0.2) is 40.7 Å². The highest BCUT2D eigenvalue weighted by Crippen LogP contribution is 2.23. The smallest absolute Gasteiger partial charge is 0.254 e. The summed E-state index contributed by atoms with van der Waals surface area (Å²) < 4.78 is 4.97. The molecular formula is C24H23N3O4. The summed E-state index contributed by atoms with van der Waals surface area (Å²) in [4.78, 5) is 40.3. The number of benzene rings is 2. The SMILES string of the molecule is Cc1cc(NC(=O)C2CCN(C(=O)c3ccccc3C(=O)c3ccccc3)CC2)no1. The van der Waals surface area contributed by atoms with Crippen LogP contribution < -0.4 is 5.32 Å². The first kappa shape index (κ1) is 20.5. The number of amides is 2. The Bertz CT molecular complexity index is 1100. The zero-order chi connectivity index (χ0) is 21.8. The van der Waals surface area contributed by atoms with Crippen LogP contribution in [0.3, 0.4) is 0 Å². The molecule has 0 unspecified atom stereocenters. The lowest BCUT2D eigenvalue weighted by Gasteiger charge is -2.31. The average molecular weight is 417 g/mol. The van der Waals surface area contributed by atoms with E-state index in [0.717, 1.165) is 0 Å². The minimum Gasteiger partial charge on any atom is -0.360 e. The van der Waals surface area contributed by atoms with E-state index in [9.17, 15) is 14.4 Å². The predicted molar refractivity (Wildman–Crippen MR) is 115 cm³/mol. The van der Waals surface area contributed by atoms with Gasteiger partial charge in [0, 0.05) is 36.2 Å². The quantitative estimate of drug-likeness (QED) is 0.639. The first-order valence-corrected chi connectivity index (χ1v) is 10.2. The van der Waals surface area contributed by atoms with E-state index in [1.807, 2.05) is 6.07 Å². The van der Waals surface area contributed by atoms with Crippen LogP contribution in [0.2, 0.25) is 0 Å². The molecule has 0 bridgehead atoms. The van der Waals surface area contributed by atoms with Crippen LogP contribution in [0.15, 0.2) is 65.2 Å². The summed E-state index contributed by atoms with van der Waals surface area (Å²) in [6, 6.07) is 17.5. The fraction of sp³-hybridized carbons (Fsp3) is 0.250. The van der Waals surface area contributed by atoms with E-state index >= 15 is 0 Å². The molecule has 2 heterocycles. The highest BCUT2D eigenvalue weighted by molar-refractivity contribution is 6.15. The molecule has 1 aromatic heterocycles. The Labute approximate surface area is 180 Å². The second-order valence-electron chi connectivity index (χ2n) is 7.62. The van der Waals surface area contributed by atoms with Crippen molar-refractivity contribution in [3.8, 4) is 0 Å². The van der Waals surface area contributed by atoms with Gasteiger partial charge in [-0.15, -0.1) is 0 Å². The number of carbonyl (C=O) groups is 3. The molecule has 0 aliphatic carbocycles. The van der Waals surface area contributed by atoms with Crippen molar-refractivity contribution in [1.29, 1.82) is 0 Å². The molecule has 7 nitrogen and oxygen atoms in total. The van der Waals surface area contributed by atoms with E-state index in [0.29, 0.717) is 54.2 Å². The zero-order valence-corrected chi connectivity index (χ0v) is 17.2. The highest BCUT2D eigenvalue weighted by atomic mass is 16.5. The van der Waals surface area contributed by atoms with Gasteiger partial charge in [-0.25, -0.2) is 0 Å². The van der Waals surface area contributed by atoms with Gasteiger partial charge in [0.25, 0.3) is 5.91 Å². The molecule has 7 heteroatoms. The average Bonchev–Trinajstić information content (AvgIpc) is 3.23. The number of nitrogens with one attached hydrogen (secondary N) is 1. The van der Waals surface area contributed by atoms with Gasteiger partial charge in [-0.2, -0.15) is 0 Å². The largest absolute Gasteiger partial charge is 0.360 e. The van der Waals surface area contributed by atoms with Crippen LogP contribution >= 0.6 is 0 Å². The number of carbonyl (C=O) groups excluding carboxylic acids is 3. The number of ketones is 1. The summed E-state index contributed by atoms with van der Waals surface area (Å²) in [5.74, 6) is 0.323. The molecule has 1 saturated heterocycles. The van der Waals surface area contributed by atoms with Crippen molar-refractivity contribution in [3.63, 3.8) is 0 Å². The second kappa shape index (κ2) is 8.95. The minimum absolute atomic E-state index is 0.125. The Balaban J connectivity index is 1.42. The van der Waals surface area contributed by atoms with Crippen LogP contribution in [0.25, 0.3) is 0 Å². The lowest BCUT2D eigenvalue weighted by Crippen LogP contribution is -2.41. The van der Waals surface area contributed by atoms with Crippen molar-refractivity contribution in [1.82, 2.24) is 10.1 Å². The normalized spacial score (nSPS) is 14.3. The maximum atomic E-state index is 13.2. The first-order chi connectivity index (χ1) is 15.0. The summed E-state index contributed by atoms with van der Waals surface area (Å²) in [6.45, 7) is 2.65. The van der Waals surface area contributed by atoms with Crippen LogP contribution in [0.4, 0.5) is 5.82 Å². The number of anilines is 1. The Morgan fingerprint density at radius 3 is 2.26 bits per heavy atom. The molecule has 0 atom stereocenters. The lowest BCUT2D eigenvalue weighted by atomic mass is 9.93. The summed E-state index contributed by atoms with van der Waals surface area (Å²) in [7, 11) is 0. The van der Waals surface area contributed by atoms with Crippen LogP contribution in [-0.2, 0) is 4.79 Å². The monoisotopic (exact) mass is 417 g/mol. The highest BCUT2D eigenvalue weighted by Gasteiger charge is 2.30. The van der Waals surface area contributed by atoms with Crippen molar-refractivity contribution in [2.45, 2.75) is 19.8 Å². The topological polar surface area (TPSA) is 92.5 Å². The van der Waals surface area contributed by atoms with Gasteiger partial charge in [0.2, 0.25) is 5.91 Å². The van der Waals surface area contributed by atoms with Gasteiger partial charge in [-0.05, 0) is 25.8 Å². The summed E-state index contributed by atoms with van der Waals surface area (Å²) in [5.41, 5.74) is 1.32. The molecule has 0 saturated carbocycles. The Morgan fingerprint density at radius 1 is 0.968 bits per heavy atom. The number of hydrogen-bond acceptors (Lipinski definition) is 5. The fourth-order valence-corrected chi connectivity index (χ4v) is 3.78. The van der Waals surface area contributed by atoms with Crippen molar-refractivity contribution >= 4 is 23.4 Å². The maximum absolute atomic E-state index is 13.2.